The van der Waals surface area contributed by atoms with Crippen LogP contribution in [0.5, 0.6) is 0 Å². The average Bonchev–Trinajstić information content (AvgIpc) is 2.47. The van der Waals surface area contributed by atoms with E-state index in [0.717, 1.165) is 36.5 Å². The summed E-state index contributed by atoms with van der Waals surface area (Å²) in [7, 11) is 0. The Morgan fingerprint density at radius 1 is 1.64 bits per heavy atom. The van der Waals surface area contributed by atoms with Gasteiger partial charge in [0.15, 0.2) is 4.77 Å². The molecule has 0 aliphatic carbocycles. The molecule has 1 saturated heterocycles. The fourth-order valence-corrected chi connectivity index (χ4v) is 2.46. The Morgan fingerprint density at radius 2 is 2.43 bits per heavy atom. The van der Waals surface area contributed by atoms with E-state index in [-0.39, 0.29) is 5.54 Å². The fraction of sp³-hybridized carbons (Fsp3) is 0.700. The molecule has 0 saturated carbocycles. The molecule has 0 radical (unpaired) electrons. The predicted molar refractivity (Wildman–Crippen MR) is 58.1 cm³/mol. The van der Waals surface area contributed by atoms with Crippen LogP contribution < -0.4 is 0 Å². The van der Waals surface area contributed by atoms with E-state index in [0.29, 0.717) is 0 Å². The SMILES string of the molecule is Cc1cn(C2(C)CCCOC2)c(=S)[nH]1. The van der Waals surface area contributed by atoms with Crippen LogP contribution in [0.25, 0.3) is 0 Å². The lowest BCUT2D eigenvalue weighted by molar-refractivity contribution is 0.00883. The maximum atomic E-state index is 5.52. The first-order valence-electron chi connectivity index (χ1n) is 4.98. The second-order valence-electron chi connectivity index (χ2n) is 4.27. The van der Waals surface area contributed by atoms with Crippen molar-refractivity contribution in [3.05, 3.63) is 16.7 Å². The van der Waals surface area contributed by atoms with Gasteiger partial charge < -0.3 is 14.3 Å². The second kappa shape index (κ2) is 3.51. The Labute approximate surface area is 89.1 Å². The van der Waals surface area contributed by atoms with Crippen LogP contribution in [0.4, 0.5) is 0 Å². The summed E-state index contributed by atoms with van der Waals surface area (Å²) in [5.41, 5.74) is 1.15. The van der Waals surface area contributed by atoms with E-state index >= 15 is 0 Å². The molecule has 1 unspecified atom stereocenters. The molecule has 78 valence electrons. The molecule has 1 N–H and O–H groups in total. The van der Waals surface area contributed by atoms with E-state index in [9.17, 15) is 0 Å². The van der Waals surface area contributed by atoms with Crippen molar-refractivity contribution in [3.8, 4) is 0 Å². The first-order chi connectivity index (χ1) is 6.62. The average molecular weight is 212 g/mol. The number of rotatable bonds is 1. The zero-order valence-electron chi connectivity index (χ0n) is 8.67. The first-order valence-corrected chi connectivity index (χ1v) is 5.39. The number of hydrogen-bond donors (Lipinski definition) is 1. The van der Waals surface area contributed by atoms with Crippen molar-refractivity contribution in [2.45, 2.75) is 32.2 Å². The van der Waals surface area contributed by atoms with Gasteiger partial charge in [0.2, 0.25) is 0 Å². The summed E-state index contributed by atoms with van der Waals surface area (Å²) >= 11 is 5.28. The van der Waals surface area contributed by atoms with E-state index < -0.39 is 0 Å². The van der Waals surface area contributed by atoms with Gasteiger partial charge in [-0.05, 0) is 38.9 Å². The minimum Gasteiger partial charge on any atom is -0.379 e. The van der Waals surface area contributed by atoms with Gasteiger partial charge in [0, 0.05) is 18.5 Å². The summed E-state index contributed by atoms with van der Waals surface area (Å²) < 4.78 is 8.46. The molecule has 14 heavy (non-hydrogen) atoms. The standard InChI is InChI=1S/C10H16N2OS/c1-8-6-12(9(14)11-8)10(2)4-3-5-13-7-10/h6H,3-5,7H2,1-2H3,(H,11,14). The third-order valence-corrected chi connectivity index (χ3v) is 3.14. The van der Waals surface area contributed by atoms with Crippen LogP contribution in [0.1, 0.15) is 25.5 Å². The molecule has 1 aliphatic rings. The van der Waals surface area contributed by atoms with Crippen molar-refractivity contribution in [3.63, 3.8) is 0 Å². The maximum absolute atomic E-state index is 5.52. The zero-order valence-corrected chi connectivity index (χ0v) is 9.49. The smallest absolute Gasteiger partial charge is 0.177 e. The van der Waals surface area contributed by atoms with Crippen molar-refractivity contribution < 1.29 is 4.74 Å². The molecule has 4 heteroatoms. The molecule has 0 amide bonds. The summed E-state index contributed by atoms with van der Waals surface area (Å²) in [6.07, 6.45) is 4.33. The van der Waals surface area contributed by atoms with Crippen LogP contribution in [-0.2, 0) is 10.3 Å². The largest absolute Gasteiger partial charge is 0.379 e. The highest BCUT2D eigenvalue weighted by atomic mass is 32.1. The molecule has 1 atom stereocenters. The minimum absolute atomic E-state index is 0.0418. The van der Waals surface area contributed by atoms with Crippen molar-refractivity contribution >= 4 is 12.2 Å². The zero-order chi connectivity index (χ0) is 10.2. The van der Waals surface area contributed by atoms with Gasteiger partial charge in [0.05, 0.1) is 12.1 Å². The molecule has 1 aliphatic heterocycles. The van der Waals surface area contributed by atoms with Gasteiger partial charge in [-0.15, -0.1) is 0 Å². The number of hydrogen-bond acceptors (Lipinski definition) is 2. The second-order valence-corrected chi connectivity index (χ2v) is 4.65. The van der Waals surface area contributed by atoms with Gasteiger partial charge in [-0.25, -0.2) is 0 Å². The lowest BCUT2D eigenvalue weighted by Gasteiger charge is -2.34. The quantitative estimate of drug-likeness (QED) is 0.724. The Balaban J connectivity index is 2.37. The Morgan fingerprint density at radius 3 is 2.93 bits per heavy atom. The number of imidazole rings is 1. The molecule has 1 aromatic heterocycles. The molecule has 2 heterocycles. The van der Waals surface area contributed by atoms with Gasteiger partial charge in [0.1, 0.15) is 0 Å². The monoisotopic (exact) mass is 212 g/mol. The lowest BCUT2D eigenvalue weighted by Crippen LogP contribution is -2.38. The Bertz CT molecular complexity index is 374. The lowest BCUT2D eigenvalue weighted by atomic mass is 9.95. The summed E-state index contributed by atoms with van der Waals surface area (Å²) in [5.74, 6) is 0. The van der Waals surface area contributed by atoms with E-state index in [1.807, 2.05) is 6.92 Å². The molecule has 3 nitrogen and oxygen atoms in total. The fourth-order valence-electron chi connectivity index (χ4n) is 2.02. The summed E-state index contributed by atoms with van der Waals surface area (Å²) in [6, 6.07) is 0. The van der Waals surface area contributed by atoms with E-state index in [1.165, 1.54) is 0 Å². The van der Waals surface area contributed by atoms with Crippen LogP contribution >= 0.6 is 12.2 Å². The Hall–Kier alpha value is -0.610. The number of nitrogens with zero attached hydrogens (tertiary/aromatic N) is 1. The van der Waals surface area contributed by atoms with E-state index in [4.69, 9.17) is 17.0 Å². The van der Waals surface area contributed by atoms with Gasteiger partial charge in [-0.1, -0.05) is 0 Å². The third kappa shape index (κ3) is 1.64. The summed E-state index contributed by atoms with van der Waals surface area (Å²) in [4.78, 5) is 3.15. The molecule has 0 spiro atoms. The summed E-state index contributed by atoms with van der Waals surface area (Å²) in [6.45, 7) is 5.87. The number of H-pyrrole nitrogens is 1. The van der Waals surface area contributed by atoms with Crippen molar-refractivity contribution in [1.29, 1.82) is 0 Å². The highest BCUT2D eigenvalue weighted by molar-refractivity contribution is 7.71. The normalized spacial score (nSPS) is 27.9. The molecular weight excluding hydrogens is 196 g/mol. The van der Waals surface area contributed by atoms with Gasteiger partial charge >= 0.3 is 0 Å². The number of aromatic amines is 1. The first kappa shape index (κ1) is 9.93. The number of aromatic nitrogens is 2. The van der Waals surface area contributed by atoms with Crippen LogP contribution in [0.15, 0.2) is 6.20 Å². The number of ether oxygens (including phenoxy) is 1. The molecule has 2 rings (SSSR count). The highest BCUT2D eigenvalue weighted by Crippen LogP contribution is 2.27. The van der Waals surface area contributed by atoms with Crippen molar-refractivity contribution in [2.24, 2.45) is 0 Å². The van der Waals surface area contributed by atoms with Crippen molar-refractivity contribution in [2.75, 3.05) is 13.2 Å². The van der Waals surface area contributed by atoms with E-state index in [1.54, 1.807) is 0 Å². The summed E-state index contributed by atoms with van der Waals surface area (Å²) in [5, 5.41) is 0. The van der Waals surface area contributed by atoms with E-state index in [2.05, 4.69) is 22.7 Å². The topological polar surface area (TPSA) is 29.9 Å². The van der Waals surface area contributed by atoms with Gasteiger partial charge in [-0.3, -0.25) is 0 Å². The molecular formula is C10H16N2OS. The third-order valence-electron chi connectivity index (χ3n) is 2.84. The molecule has 0 aromatic carbocycles. The van der Waals surface area contributed by atoms with Crippen LogP contribution in [0.3, 0.4) is 0 Å². The van der Waals surface area contributed by atoms with Gasteiger partial charge in [0.25, 0.3) is 0 Å². The molecule has 0 bridgehead atoms. The van der Waals surface area contributed by atoms with Crippen LogP contribution in [0.2, 0.25) is 0 Å². The Kier molecular flexibility index (Phi) is 2.49. The minimum atomic E-state index is 0.0418. The van der Waals surface area contributed by atoms with Crippen LogP contribution in [-0.4, -0.2) is 22.8 Å². The van der Waals surface area contributed by atoms with Gasteiger partial charge in [-0.2, -0.15) is 0 Å². The van der Waals surface area contributed by atoms with Crippen LogP contribution in [0, 0.1) is 11.7 Å². The van der Waals surface area contributed by atoms with Crippen molar-refractivity contribution in [1.82, 2.24) is 9.55 Å². The maximum Gasteiger partial charge on any atom is 0.177 e. The predicted octanol–water partition coefficient (Wildman–Crippen LogP) is 2.38. The number of aryl methyl sites for hydroxylation is 1. The molecule has 1 aromatic rings. The highest BCUT2D eigenvalue weighted by Gasteiger charge is 2.30. The molecule has 1 fully saturated rings. The number of nitrogens with one attached hydrogen (secondary N) is 1.